The highest BCUT2D eigenvalue weighted by molar-refractivity contribution is 5.84. The van der Waals surface area contributed by atoms with Crippen molar-refractivity contribution in [2.75, 3.05) is 13.1 Å². The van der Waals surface area contributed by atoms with Crippen LogP contribution < -0.4 is 5.32 Å². The first-order valence-corrected chi connectivity index (χ1v) is 6.82. The molecule has 3 rings (SSSR count). The summed E-state index contributed by atoms with van der Waals surface area (Å²) in [7, 11) is 0. The zero-order valence-electron chi connectivity index (χ0n) is 11.2. The first-order valence-electron chi connectivity index (χ1n) is 6.82. The summed E-state index contributed by atoms with van der Waals surface area (Å²) in [5, 5.41) is 4.79. The number of benzene rings is 1. The molecule has 2 aromatic rings. The number of fused-ring (bicyclic) bond motifs is 1. The third-order valence-corrected chi connectivity index (χ3v) is 3.95. The second-order valence-corrected chi connectivity index (χ2v) is 5.42. The van der Waals surface area contributed by atoms with Crippen LogP contribution in [0.15, 0.2) is 24.4 Å². The van der Waals surface area contributed by atoms with E-state index in [1.807, 2.05) is 6.20 Å². The van der Waals surface area contributed by atoms with Gasteiger partial charge in [-0.05, 0) is 61.9 Å². The normalized spacial score (nSPS) is 20.2. The summed E-state index contributed by atoms with van der Waals surface area (Å²) in [6.45, 7) is 6.57. The summed E-state index contributed by atoms with van der Waals surface area (Å²) < 4.78 is 0. The SMILES string of the molecule is Cc1cnc2c(C3CCCNC3)c(C)ccc2c1. The van der Waals surface area contributed by atoms with Crippen molar-refractivity contribution in [1.82, 2.24) is 10.3 Å². The molecule has 1 aromatic heterocycles. The summed E-state index contributed by atoms with van der Waals surface area (Å²) in [5.74, 6) is 0.623. The Balaban J connectivity index is 2.16. The lowest BCUT2D eigenvalue weighted by molar-refractivity contribution is 0.462. The maximum atomic E-state index is 4.69. The average Bonchev–Trinajstić information content (AvgIpc) is 2.40. The third kappa shape index (κ3) is 2.01. The van der Waals surface area contributed by atoms with Gasteiger partial charge in [0, 0.05) is 18.1 Å². The lowest BCUT2D eigenvalue weighted by atomic mass is 9.87. The van der Waals surface area contributed by atoms with Crippen molar-refractivity contribution in [2.45, 2.75) is 32.6 Å². The van der Waals surface area contributed by atoms with E-state index in [1.165, 1.54) is 40.4 Å². The van der Waals surface area contributed by atoms with Crippen LogP contribution in [0.25, 0.3) is 10.9 Å². The van der Waals surface area contributed by atoms with Gasteiger partial charge in [-0.25, -0.2) is 0 Å². The zero-order valence-corrected chi connectivity index (χ0v) is 11.2. The number of nitrogens with one attached hydrogen (secondary N) is 1. The van der Waals surface area contributed by atoms with Gasteiger partial charge in [-0.1, -0.05) is 12.1 Å². The molecule has 0 spiro atoms. The molecule has 0 aliphatic carbocycles. The standard InChI is InChI=1S/C16H20N2/c1-11-8-13-6-5-12(2)15(16(13)18-9-11)14-4-3-7-17-10-14/h5-6,8-9,14,17H,3-4,7,10H2,1-2H3. The highest BCUT2D eigenvalue weighted by Crippen LogP contribution is 2.31. The van der Waals surface area contributed by atoms with Crippen molar-refractivity contribution in [2.24, 2.45) is 0 Å². The van der Waals surface area contributed by atoms with Gasteiger partial charge in [0.05, 0.1) is 5.52 Å². The second-order valence-electron chi connectivity index (χ2n) is 5.42. The Labute approximate surface area is 108 Å². The molecule has 1 fully saturated rings. The molecular formula is C16H20N2. The largest absolute Gasteiger partial charge is 0.316 e. The van der Waals surface area contributed by atoms with Crippen LogP contribution in [-0.4, -0.2) is 18.1 Å². The Bertz CT molecular complexity index is 569. The van der Waals surface area contributed by atoms with E-state index in [1.54, 1.807) is 0 Å². The lowest BCUT2D eigenvalue weighted by Gasteiger charge is -2.25. The molecule has 18 heavy (non-hydrogen) atoms. The minimum atomic E-state index is 0.623. The molecule has 1 unspecified atom stereocenters. The van der Waals surface area contributed by atoms with Crippen LogP contribution in [0.4, 0.5) is 0 Å². The van der Waals surface area contributed by atoms with Crippen molar-refractivity contribution in [3.63, 3.8) is 0 Å². The number of aromatic nitrogens is 1. The number of rotatable bonds is 1. The molecule has 1 aliphatic heterocycles. The molecule has 1 aliphatic rings. The van der Waals surface area contributed by atoms with Gasteiger partial charge in [0.15, 0.2) is 0 Å². The van der Waals surface area contributed by atoms with Gasteiger partial charge in [0.2, 0.25) is 0 Å². The Hall–Kier alpha value is -1.41. The van der Waals surface area contributed by atoms with Gasteiger partial charge in [0.25, 0.3) is 0 Å². The highest BCUT2D eigenvalue weighted by Gasteiger charge is 2.19. The van der Waals surface area contributed by atoms with Crippen LogP contribution in [0.5, 0.6) is 0 Å². The minimum Gasteiger partial charge on any atom is -0.316 e. The maximum Gasteiger partial charge on any atom is 0.0740 e. The molecule has 2 heterocycles. The Morgan fingerprint density at radius 1 is 1.28 bits per heavy atom. The van der Waals surface area contributed by atoms with Crippen LogP contribution in [0, 0.1) is 13.8 Å². The molecule has 1 atom stereocenters. The number of hydrogen-bond acceptors (Lipinski definition) is 2. The fraction of sp³-hybridized carbons (Fsp3) is 0.438. The summed E-state index contributed by atoms with van der Waals surface area (Å²) in [5.41, 5.74) is 5.28. The predicted molar refractivity (Wildman–Crippen MR) is 76.1 cm³/mol. The van der Waals surface area contributed by atoms with Gasteiger partial charge in [0.1, 0.15) is 0 Å². The molecular weight excluding hydrogens is 220 g/mol. The number of nitrogens with zero attached hydrogens (tertiary/aromatic N) is 1. The molecule has 2 nitrogen and oxygen atoms in total. The van der Waals surface area contributed by atoms with E-state index >= 15 is 0 Å². The minimum absolute atomic E-state index is 0.623. The molecule has 0 bridgehead atoms. The van der Waals surface area contributed by atoms with Gasteiger partial charge in [-0.3, -0.25) is 4.98 Å². The number of piperidine rings is 1. The Morgan fingerprint density at radius 3 is 2.94 bits per heavy atom. The number of hydrogen-bond donors (Lipinski definition) is 1. The van der Waals surface area contributed by atoms with E-state index in [0.717, 1.165) is 13.1 Å². The second kappa shape index (κ2) is 4.69. The van der Waals surface area contributed by atoms with Crippen molar-refractivity contribution in [3.8, 4) is 0 Å². The third-order valence-electron chi connectivity index (χ3n) is 3.95. The van der Waals surface area contributed by atoms with E-state index in [-0.39, 0.29) is 0 Å². The van der Waals surface area contributed by atoms with E-state index in [2.05, 4.69) is 42.3 Å². The summed E-state index contributed by atoms with van der Waals surface area (Å²) in [6, 6.07) is 6.68. The van der Waals surface area contributed by atoms with E-state index in [0.29, 0.717) is 5.92 Å². The molecule has 1 aromatic carbocycles. The van der Waals surface area contributed by atoms with Crippen LogP contribution >= 0.6 is 0 Å². The summed E-state index contributed by atoms with van der Waals surface area (Å²) >= 11 is 0. The molecule has 1 saturated heterocycles. The summed E-state index contributed by atoms with van der Waals surface area (Å²) in [6.07, 6.45) is 4.54. The first-order chi connectivity index (χ1) is 8.75. The van der Waals surface area contributed by atoms with Crippen molar-refractivity contribution in [3.05, 3.63) is 41.1 Å². The maximum absolute atomic E-state index is 4.69. The van der Waals surface area contributed by atoms with E-state index in [9.17, 15) is 0 Å². The van der Waals surface area contributed by atoms with Crippen LogP contribution in [0.2, 0.25) is 0 Å². The van der Waals surface area contributed by atoms with Crippen LogP contribution in [-0.2, 0) is 0 Å². The first kappa shape index (κ1) is 11.7. The molecule has 0 saturated carbocycles. The van der Waals surface area contributed by atoms with Crippen molar-refractivity contribution < 1.29 is 0 Å². The quantitative estimate of drug-likeness (QED) is 0.827. The number of pyridine rings is 1. The molecule has 0 radical (unpaired) electrons. The molecule has 2 heteroatoms. The van der Waals surface area contributed by atoms with Gasteiger partial charge in [-0.2, -0.15) is 0 Å². The Morgan fingerprint density at radius 2 is 2.17 bits per heavy atom. The summed E-state index contributed by atoms with van der Waals surface area (Å²) in [4.78, 5) is 4.69. The zero-order chi connectivity index (χ0) is 12.5. The smallest absolute Gasteiger partial charge is 0.0740 e. The van der Waals surface area contributed by atoms with Crippen molar-refractivity contribution >= 4 is 10.9 Å². The van der Waals surface area contributed by atoms with Crippen LogP contribution in [0.1, 0.15) is 35.4 Å². The van der Waals surface area contributed by atoms with Gasteiger partial charge in [-0.15, -0.1) is 0 Å². The van der Waals surface area contributed by atoms with Crippen LogP contribution in [0.3, 0.4) is 0 Å². The Kier molecular flexibility index (Phi) is 3.04. The fourth-order valence-electron chi connectivity index (χ4n) is 3.05. The highest BCUT2D eigenvalue weighted by atomic mass is 14.9. The predicted octanol–water partition coefficient (Wildman–Crippen LogP) is 3.32. The van der Waals surface area contributed by atoms with Gasteiger partial charge < -0.3 is 5.32 Å². The lowest BCUT2D eigenvalue weighted by Crippen LogP contribution is -2.29. The van der Waals surface area contributed by atoms with E-state index < -0.39 is 0 Å². The molecule has 1 N–H and O–H groups in total. The number of aryl methyl sites for hydroxylation is 2. The molecule has 0 amide bonds. The molecule has 94 valence electrons. The fourth-order valence-corrected chi connectivity index (χ4v) is 3.05. The average molecular weight is 240 g/mol. The van der Waals surface area contributed by atoms with Gasteiger partial charge >= 0.3 is 0 Å². The topological polar surface area (TPSA) is 24.9 Å². The van der Waals surface area contributed by atoms with Crippen molar-refractivity contribution in [1.29, 1.82) is 0 Å². The van der Waals surface area contributed by atoms with E-state index in [4.69, 9.17) is 0 Å². The monoisotopic (exact) mass is 240 g/mol.